The molecule has 1 aromatic heterocycles. The topological polar surface area (TPSA) is 51.8 Å². The van der Waals surface area contributed by atoms with Gasteiger partial charge in [-0.25, -0.2) is 9.97 Å². The Hall–Kier alpha value is -0.960. The van der Waals surface area contributed by atoms with E-state index in [1.807, 2.05) is 13.8 Å². The van der Waals surface area contributed by atoms with Gasteiger partial charge in [0.05, 0.1) is 0 Å². The van der Waals surface area contributed by atoms with Crippen LogP contribution in [0, 0.1) is 13.8 Å². The molecule has 0 saturated carbocycles. The van der Waals surface area contributed by atoms with Gasteiger partial charge in [0.2, 0.25) is 0 Å². The fraction of sp³-hybridized carbons (Fsp3) is 0.556. The van der Waals surface area contributed by atoms with Crippen molar-refractivity contribution in [2.24, 2.45) is 5.73 Å². The largest absolute Gasteiger partial charge is 0.324 e. The second-order valence-electron chi connectivity index (χ2n) is 2.97. The van der Waals surface area contributed by atoms with Gasteiger partial charge in [-0.2, -0.15) is 0 Å². The molecule has 1 unspecified atom stereocenters. The Morgan fingerprint density at radius 2 is 1.83 bits per heavy atom. The normalized spacial score (nSPS) is 13.0. The predicted octanol–water partition coefficient (Wildman–Crippen LogP) is 1.50. The zero-order valence-corrected chi connectivity index (χ0v) is 7.83. The number of rotatable bonds is 2. The Morgan fingerprint density at radius 3 is 2.25 bits per heavy atom. The van der Waals surface area contributed by atoms with Crippen molar-refractivity contribution in [3.05, 3.63) is 23.3 Å². The van der Waals surface area contributed by atoms with E-state index in [1.165, 1.54) is 0 Å². The van der Waals surface area contributed by atoms with E-state index >= 15 is 0 Å². The number of aryl methyl sites for hydroxylation is 2. The highest BCUT2D eigenvalue weighted by molar-refractivity contribution is 5.25. The second-order valence-corrected chi connectivity index (χ2v) is 2.97. The lowest BCUT2D eigenvalue weighted by atomic mass is 10.0. The van der Waals surface area contributed by atoms with E-state index in [4.69, 9.17) is 5.73 Å². The summed E-state index contributed by atoms with van der Waals surface area (Å²) in [5.74, 6) is 0. The van der Waals surface area contributed by atoms with Crippen LogP contribution < -0.4 is 5.73 Å². The summed E-state index contributed by atoms with van der Waals surface area (Å²) in [5, 5.41) is 0. The van der Waals surface area contributed by atoms with E-state index in [-0.39, 0.29) is 6.04 Å². The summed E-state index contributed by atoms with van der Waals surface area (Å²) in [6.45, 7) is 6.01. The SMILES string of the molecule is CCC(N)c1c(C)ncnc1C. The van der Waals surface area contributed by atoms with Crippen LogP contribution in [0.15, 0.2) is 6.33 Å². The summed E-state index contributed by atoms with van der Waals surface area (Å²) in [5.41, 5.74) is 9.01. The summed E-state index contributed by atoms with van der Waals surface area (Å²) in [6, 6.07) is 0.0752. The smallest absolute Gasteiger partial charge is 0.115 e. The number of hydrogen-bond acceptors (Lipinski definition) is 3. The summed E-state index contributed by atoms with van der Waals surface area (Å²) < 4.78 is 0. The average molecular weight is 165 g/mol. The zero-order valence-electron chi connectivity index (χ0n) is 7.83. The molecule has 0 bridgehead atoms. The zero-order chi connectivity index (χ0) is 9.14. The molecule has 2 N–H and O–H groups in total. The minimum atomic E-state index is 0.0752. The lowest BCUT2D eigenvalue weighted by Crippen LogP contribution is -2.13. The fourth-order valence-electron chi connectivity index (χ4n) is 1.34. The third-order valence-electron chi connectivity index (χ3n) is 2.09. The van der Waals surface area contributed by atoms with Gasteiger partial charge in [-0.15, -0.1) is 0 Å². The van der Waals surface area contributed by atoms with Gasteiger partial charge in [0, 0.05) is 23.0 Å². The average Bonchev–Trinajstić information content (AvgIpc) is 2.03. The van der Waals surface area contributed by atoms with Crippen molar-refractivity contribution in [2.75, 3.05) is 0 Å². The van der Waals surface area contributed by atoms with Crippen LogP contribution in [0.4, 0.5) is 0 Å². The predicted molar refractivity (Wildman–Crippen MR) is 48.7 cm³/mol. The number of hydrogen-bond donors (Lipinski definition) is 1. The minimum absolute atomic E-state index is 0.0752. The second kappa shape index (κ2) is 3.63. The Bertz CT molecular complexity index is 250. The first kappa shape index (κ1) is 9.13. The maximum Gasteiger partial charge on any atom is 0.115 e. The van der Waals surface area contributed by atoms with Crippen molar-refractivity contribution in [3.63, 3.8) is 0 Å². The maximum absolute atomic E-state index is 5.92. The van der Waals surface area contributed by atoms with Gasteiger partial charge in [-0.05, 0) is 20.3 Å². The van der Waals surface area contributed by atoms with Crippen molar-refractivity contribution in [1.82, 2.24) is 9.97 Å². The minimum Gasteiger partial charge on any atom is -0.324 e. The van der Waals surface area contributed by atoms with Gasteiger partial charge >= 0.3 is 0 Å². The molecule has 3 heteroatoms. The summed E-state index contributed by atoms with van der Waals surface area (Å²) in [7, 11) is 0. The quantitative estimate of drug-likeness (QED) is 0.722. The number of nitrogens with two attached hydrogens (primary N) is 1. The summed E-state index contributed by atoms with van der Waals surface area (Å²) >= 11 is 0. The van der Waals surface area contributed by atoms with Gasteiger partial charge in [0.1, 0.15) is 6.33 Å². The van der Waals surface area contributed by atoms with E-state index in [1.54, 1.807) is 6.33 Å². The molecule has 0 fully saturated rings. The molecule has 0 saturated heterocycles. The van der Waals surface area contributed by atoms with E-state index in [2.05, 4.69) is 16.9 Å². The highest BCUT2D eigenvalue weighted by Gasteiger charge is 2.10. The summed E-state index contributed by atoms with van der Waals surface area (Å²) in [6.07, 6.45) is 2.51. The van der Waals surface area contributed by atoms with Gasteiger partial charge in [0.25, 0.3) is 0 Å². The Kier molecular flexibility index (Phi) is 2.76. The molecule has 3 nitrogen and oxygen atoms in total. The highest BCUT2D eigenvalue weighted by atomic mass is 14.8. The molecule has 0 aliphatic carbocycles. The molecular weight excluding hydrogens is 150 g/mol. The fourth-order valence-corrected chi connectivity index (χ4v) is 1.34. The van der Waals surface area contributed by atoms with Crippen LogP contribution in [-0.2, 0) is 0 Å². The van der Waals surface area contributed by atoms with Gasteiger partial charge in [-0.3, -0.25) is 0 Å². The van der Waals surface area contributed by atoms with E-state index in [9.17, 15) is 0 Å². The first-order chi connectivity index (χ1) is 5.66. The third kappa shape index (κ3) is 1.61. The molecular formula is C9H15N3. The van der Waals surface area contributed by atoms with Crippen molar-refractivity contribution < 1.29 is 0 Å². The molecule has 0 radical (unpaired) electrons. The maximum atomic E-state index is 5.92. The Labute approximate surface area is 73.0 Å². The monoisotopic (exact) mass is 165 g/mol. The number of aromatic nitrogens is 2. The number of nitrogens with zero attached hydrogens (tertiary/aromatic N) is 2. The Morgan fingerprint density at radius 1 is 1.33 bits per heavy atom. The molecule has 1 aromatic rings. The Balaban J connectivity index is 3.12. The van der Waals surface area contributed by atoms with Crippen LogP contribution in [0.25, 0.3) is 0 Å². The first-order valence-electron chi connectivity index (χ1n) is 4.20. The van der Waals surface area contributed by atoms with Crippen molar-refractivity contribution in [2.45, 2.75) is 33.2 Å². The first-order valence-corrected chi connectivity index (χ1v) is 4.20. The molecule has 0 amide bonds. The van der Waals surface area contributed by atoms with Gasteiger partial charge in [0.15, 0.2) is 0 Å². The molecule has 0 aliphatic rings. The van der Waals surface area contributed by atoms with Crippen LogP contribution in [0.2, 0.25) is 0 Å². The van der Waals surface area contributed by atoms with Crippen molar-refractivity contribution >= 4 is 0 Å². The van der Waals surface area contributed by atoms with Crippen LogP contribution in [0.1, 0.15) is 36.3 Å². The lowest BCUT2D eigenvalue weighted by Gasteiger charge is -2.13. The molecule has 0 aliphatic heterocycles. The summed E-state index contributed by atoms with van der Waals surface area (Å²) in [4.78, 5) is 8.24. The van der Waals surface area contributed by atoms with Crippen LogP contribution >= 0.6 is 0 Å². The van der Waals surface area contributed by atoms with Crippen LogP contribution in [0.5, 0.6) is 0 Å². The van der Waals surface area contributed by atoms with E-state index in [0.29, 0.717) is 0 Å². The molecule has 0 spiro atoms. The molecule has 1 rings (SSSR count). The molecule has 1 atom stereocenters. The molecule has 12 heavy (non-hydrogen) atoms. The molecule has 66 valence electrons. The van der Waals surface area contributed by atoms with Gasteiger partial charge < -0.3 is 5.73 Å². The molecule has 1 heterocycles. The highest BCUT2D eigenvalue weighted by Crippen LogP contribution is 2.18. The van der Waals surface area contributed by atoms with Gasteiger partial charge in [-0.1, -0.05) is 6.92 Å². The molecule has 0 aromatic carbocycles. The van der Waals surface area contributed by atoms with Crippen LogP contribution in [-0.4, -0.2) is 9.97 Å². The lowest BCUT2D eigenvalue weighted by molar-refractivity contribution is 0.676. The standard InChI is InChI=1S/C9H15N3/c1-4-8(10)9-6(2)11-5-12-7(9)3/h5,8H,4,10H2,1-3H3. The van der Waals surface area contributed by atoms with E-state index < -0.39 is 0 Å². The van der Waals surface area contributed by atoms with Crippen molar-refractivity contribution in [3.8, 4) is 0 Å². The third-order valence-corrected chi connectivity index (χ3v) is 2.09. The van der Waals surface area contributed by atoms with E-state index in [0.717, 1.165) is 23.4 Å². The van der Waals surface area contributed by atoms with Crippen LogP contribution in [0.3, 0.4) is 0 Å². The van der Waals surface area contributed by atoms with Crippen molar-refractivity contribution in [1.29, 1.82) is 0 Å².